The third-order valence-electron chi connectivity index (χ3n) is 3.71. The molecule has 0 atom stereocenters. The van der Waals surface area contributed by atoms with Crippen molar-refractivity contribution in [3.05, 3.63) is 47.8 Å². The van der Waals surface area contributed by atoms with Crippen LogP contribution in [0.15, 0.2) is 46.6 Å². The molecule has 0 aliphatic carbocycles. The topological polar surface area (TPSA) is 85.7 Å². The van der Waals surface area contributed by atoms with Gasteiger partial charge in [0.05, 0.1) is 15.7 Å². The summed E-state index contributed by atoms with van der Waals surface area (Å²) in [5.41, 5.74) is 2.70. The van der Waals surface area contributed by atoms with Crippen LogP contribution in [-0.2, 0) is 0 Å². The molecule has 4 aromatic rings. The van der Waals surface area contributed by atoms with Crippen molar-refractivity contribution in [3.63, 3.8) is 0 Å². The van der Waals surface area contributed by atoms with E-state index in [0.29, 0.717) is 16.0 Å². The van der Waals surface area contributed by atoms with Crippen LogP contribution in [0.25, 0.3) is 21.1 Å². The van der Waals surface area contributed by atoms with Crippen molar-refractivity contribution in [1.82, 2.24) is 9.97 Å². The van der Waals surface area contributed by atoms with E-state index in [1.165, 1.54) is 29.5 Å². The van der Waals surface area contributed by atoms with E-state index in [-0.39, 0.29) is 16.7 Å². The summed E-state index contributed by atoms with van der Waals surface area (Å²) < 4.78 is 14.5. The second-order valence-electron chi connectivity index (χ2n) is 5.63. The second kappa shape index (κ2) is 6.43. The van der Waals surface area contributed by atoms with Gasteiger partial charge in [0.25, 0.3) is 0 Å². The van der Waals surface area contributed by atoms with Gasteiger partial charge in [0, 0.05) is 5.39 Å². The largest absolute Gasteiger partial charge is 0.493 e. The lowest BCUT2D eigenvalue weighted by atomic mass is 10.2. The third kappa shape index (κ3) is 3.14. The zero-order chi connectivity index (χ0) is 18.3. The van der Waals surface area contributed by atoms with Crippen molar-refractivity contribution in [2.75, 3.05) is 5.32 Å². The van der Waals surface area contributed by atoms with E-state index in [1.54, 1.807) is 0 Å². The molecule has 4 rings (SSSR count). The van der Waals surface area contributed by atoms with Crippen molar-refractivity contribution >= 4 is 60.6 Å². The van der Waals surface area contributed by atoms with Crippen molar-refractivity contribution in [2.24, 2.45) is 10.2 Å². The number of benzene rings is 2. The molecule has 0 spiro atoms. The molecule has 2 aromatic carbocycles. The van der Waals surface area contributed by atoms with Gasteiger partial charge < -0.3 is 15.4 Å². The fraction of sp³-hybridized carbons (Fsp3) is 0.0588. The van der Waals surface area contributed by atoms with Crippen LogP contribution in [0.1, 0.15) is 5.56 Å². The summed E-state index contributed by atoms with van der Waals surface area (Å²) in [4.78, 5) is 7.14. The lowest BCUT2D eigenvalue weighted by Crippen LogP contribution is -2.04. The maximum absolute atomic E-state index is 13.4. The molecule has 130 valence electrons. The highest BCUT2D eigenvalue weighted by atomic mass is 32.1. The number of aromatic nitrogens is 2. The van der Waals surface area contributed by atoms with Crippen LogP contribution >= 0.6 is 23.6 Å². The van der Waals surface area contributed by atoms with Gasteiger partial charge in [-0.1, -0.05) is 17.4 Å². The Labute approximate surface area is 156 Å². The summed E-state index contributed by atoms with van der Waals surface area (Å²) in [7, 11) is 0. The molecule has 0 amide bonds. The number of aromatic hydroxyl groups is 1. The summed E-state index contributed by atoms with van der Waals surface area (Å²) in [5, 5.41) is 21.8. The number of rotatable bonds is 2. The van der Waals surface area contributed by atoms with Gasteiger partial charge in [0.2, 0.25) is 11.0 Å². The minimum atomic E-state index is -0.432. The average Bonchev–Trinajstić information content (AvgIpc) is 3.12. The molecule has 0 fully saturated rings. The first-order valence-corrected chi connectivity index (χ1v) is 8.82. The quantitative estimate of drug-likeness (QED) is 0.318. The van der Waals surface area contributed by atoms with Crippen molar-refractivity contribution < 1.29 is 9.50 Å². The number of thiocarbonyl (C=S) groups is 1. The monoisotopic (exact) mass is 385 g/mol. The number of azo groups is 1. The molecule has 2 heterocycles. The number of aryl methyl sites for hydroxylation is 1. The number of aromatic amines is 1. The lowest BCUT2D eigenvalue weighted by molar-refractivity contribution is 0.459. The van der Waals surface area contributed by atoms with Crippen LogP contribution in [0, 0.1) is 12.7 Å². The Bertz CT molecular complexity index is 1180. The number of thiazole rings is 1. The average molecular weight is 385 g/mol. The molecule has 3 N–H and O–H groups in total. The van der Waals surface area contributed by atoms with Gasteiger partial charge in [0.1, 0.15) is 5.82 Å². The predicted octanol–water partition coefficient (Wildman–Crippen LogP) is 5.41. The highest BCUT2D eigenvalue weighted by Crippen LogP contribution is 2.36. The Kier molecular flexibility index (Phi) is 4.09. The van der Waals surface area contributed by atoms with E-state index < -0.39 is 5.82 Å². The second-order valence-corrected chi connectivity index (χ2v) is 7.05. The number of hydrogen-bond donors (Lipinski definition) is 3. The fourth-order valence-corrected chi connectivity index (χ4v) is 3.70. The summed E-state index contributed by atoms with van der Waals surface area (Å²) >= 11 is 6.61. The van der Waals surface area contributed by atoms with Crippen LogP contribution < -0.4 is 5.32 Å². The summed E-state index contributed by atoms with van der Waals surface area (Å²) in [6.45, 7) is 2.02. The Hall–Kier alpha value is -2.91. The van der Waals surface area contributed by atoms with Gasteiger partial charge in [-0.3, -0.25) is 0 Å². The molecule has 0 aliphatic rings. The molecule has 0 saturated carbocycles. The van der Waals surface area contributed by atoms with Gasteiger partial charge in [0.15, 0.2) is 10.8 Å². The van der Waals surface area contributed by atoms with E-state index in [4.69, 9.17) is 12.2 Å². The normalized spacial score (nSPS) is 11.6. The Morgan fingerprint density at radius 3 is 3.00 bits per heavy atom. The highest BCUT2D eigenvalue weighted by Gasteiger charge is 2.12. The molecule has 0 aliphatic heterocycles. The molecule has 9 heteroatoms. The number of hydrogen-bond acceptors (Lipinski definition) is 5. The zero-order valence-electron chi connectivity index (χ0n) is 13.4. The van der Waals surface area contributed by atoms with Crippen LogP contribution in [0.3, 0.4) is 0 Å². The summed E-state index contributed by atoms with van der Waals surface area (Å²) in [6, 6.07) is 10.1. The lowest BCUT2D eigenvalue weighted by Gasteiger charge is -1.97. The maximum atomic E-state index is 13.4. The molecule has 0 bridgehead atoms. The number of H-pyrrole nitrogens is 1. The van der Waals surface area contributed by atoms with Crippen LogP contribution in [0.4, 0.5) is 15.2 Å². The van der Waals surface area contributed by atoms with E-state index >= 15 is 0 Å². The molecule has 0 radical (unpaired) electrons. The van der Waals surface area contributed by atoms with Gasteiger partial charge in [-0.15, -0.1) is 10.2 Å². The van der Waals surface area contributed by atoms with Crippen molar-refractivity contribution in [3.8, 4) is 5.88 Å². The van der Waals surface area contributed by atoms with Crippen molar-refractivity contribution in [1.29, 1.82) is 0 Å². The van der Waals surface area contributed by atoms with Gasteiger partial charge in [-0.2, -0.15) is 0 Å². The molecule has 0 saturated heterocycles. The standard InChI is InChI=1S/C17H12FN5OS2/c1-8-2-4-12-13(6-8)26-17(20-12)21-16(25)23-22-14-10-7-9(18)3-5-11(10)19-15(14)24/h2-7,19,24H,1H3,(H,20,21,25). The van der Waals surface area contributed by atoms with E-state index in [0.717, 1.165) is 15.8 Å². The first-order chi connectivity index (χ1) is 12.5. The summed E-state index contributed by atoms with van der Waals surface area (Å²) in [5.74, 6) is -0.633. The Morgan fingerprint density at radius 1 is 1.31 bits per heavy atom. The highest BCUT2D eigenvalue weighted by molar-refractivity contribution is 7.80. The molecule has 0 unspecified atom stereocenters. The third-order valence-corrected chi connectivity index (χ3v) is 4.83. The van der Waals surface area contributed by atoms with Crippen molar-refractivity contribution in [2.45, 2.75) is 6.92 Å². The molecular formula is C17H12FN5OS2. The SMILES string of the molecule is Cc1ccc2nc(NC(=S)N=Nc3c(O)[nH]c4ccc(F)cc34)sc2c1. The Morgan fingerprint density at radius 2 is 2.15 bits per heavy atom. The summed E-state index contributed by atoms with van der Waals surface area (Å²) in [6.07, 6.45) is 0. The number of anilines is 1. The van der Waals surface area contributed by atoms with Crippen LogP contribution in [0.2, 0.25) is 0 Å². The Balaban J connectivity index is 1.57. The minimum Gasteiger partial charge on any atom is -0.493 e. The van der Waals surface area contributed by atoms with Crippen LogP contribution in [-0.4, -0.2) is 20.2 Å². The van der Waals surface area contributed by atoms with Gasteiger partial charge in [-0.05, 0) is 55.0 Å². The van der Waals surface area contributed by atoms with E-state index in [1.807, 2.05) is 25.1 Å². The zero-order valence-corrected chi connectivity index (χ0v) is 15.1. The molecule has 6 nitrogen and oxygen atoms in total. The van der Waals surface area contributed by atoms with Gasteiger partial charge >= 0.3 is 0 Å². The maximum Gasteiger partial charge on any atom is 0.220 e. The van der Waals surface area contributed by atoms with E-state index in [2.05, 4.69) is 25.5 Å². The first kappa shape index (κ1) is 16.6. The smallest absolute Gasteiger partial charge is 0.220 e. The van der Waals surface area contributed by atoms with Gasteiger partial charge in [-0.25, -0.2) is 9.37 Å². The first-order valence-electron chi connectivity index (χ1n) is 7.60. The number of fused-ring (bicyclic) bond motifs is 2. The molecule has 26 heavy (non-hydrogen) atoms. The molecular weight excluding hydrogens is 373 g/mol. The fourth-order valence-electron chi connectivity index (χ4n) is 2.53. The number of nitrogens with one attached hydrogen (secondary N) is 2. The van der Waals surface area contributed by atoms with Crippen LogP contribution in [0.5, 0.6) is 5.88 Å². The predicted molar refractivity (Wildman–Crippen MR) is 105 cm³/mol. The minimum absolute atomic E-state index is 0.0888. The van der Waals surface area contributed by atoms with E-state index in [9.17, 15) is 9.50 Å². The molecule has 2 aromatic heterocycles. The number of halogens is 1. The number of nitrogens with zero attached hydrogens (tertiary/aromatic N) is 3.